The molecule has 43 heavy (non-hydrogen) atoms. The van der Waals surface area contributed by atoms with Crippen LogP contribution in [0, 0.1) is 5.82 Å². The Labute approximate surface area is 255 Å². The summed E-state index contributed by atoms with van der Waals surface area (Å²) in [6, 6.07) is 20.0. The fourth-order valence-corrected chi connectivity index (χ4v) is 4.50. The van der Waals surface area contributed by atoms with Crippen LogP contribution in [0.3, 0.4) is 0 Å². The minimum absolute atomic E-state index is 0.226. The maximum Gasteiger partial charge on any atom is 0.405 e. The number of amides is 1. The smallest absolute Gasteiger partial charge is 0.405 e. The number of aryl methyl sites for hydroxylation is 1. The number of hydrogen-bond donors (Lipinski definition) is 2. The first-order valence-electron chi connectivity index (χ1n) is 13.8. The lowest BCUT2D eigenvalue weighted by Gasteiger charge is -2.16. The zero-order valence-corrected chi connectivity index (χ0v) is 25.4. The van der Waals surface area contributed by atoms with Crippen molar-refractivity contribution in [3.63, 3.8) is 0 Å². The molecule has 8 nitrogen and oxygen atoms in total. The van der Waals surface area contributed by atoms with Crippen LogP contribution in [0.5, 0.6) is 5.75 Å². The van der Waals surface area contributed by atoms with E-state index in [0.717, 1.165) is 46.2 Å². The van der Waals surface area contributed by atoms with Crippen molar-refractivity contribution in [2.75, 3.05) is 5.32 Å². The molecule has 224 valence electrons. The molecule has 1 amide bonds. The number of ether oxygens (including phenoxy) is 2. The van der Waals surface area contributed by atoms with E-state index in [2.05, 4.69) is 62.1 Å². The molecule has 2 aromatic heterocycles. The van der Waals surface area contributed by atoms with Crippen molar-refractivity contribution in [1.82, 2.24) is 14.5 Å². The number of primary amides is 1. The highest BCUT2D eigenvalue weighted by Gasteiger charge is 2.13. The van der Waals surface area contributed by atoms with Gasteiger partial charge in [0.15, 0.2) is 0 Å². The molecule has 0 unspecified atom stereocenters. The second-order valence-corrected chi connectivity index (χ2v) is 11.2. The molecule has 0 fully saturated rings. The monoisotopic (exact) mass is 603 g/mol. The van der Waals surface area contributed by atoms with Gasteiger partial charge in [0, 0.05) is 30.0 Å². The summed E-state index contributed by atoms with van der Waals surface area (Å²) in [6.45, 7) is 8.67. The number of anilines is 2. The SMILES string of the molecule is CC(C)(C)OC(N)=O.CCCn1ccc(-c2ccc3ncnc(Nc4ccc(OCc5cccc(F)c5)c(Cl)c4)c3c2)c1. The van der Waals surface area contributed by atoms with Crippen LogP contribution in [0.15, 0.2) is 85.5 Å². The molecule has 0 saturated carbocycles. The molecular formula is C33H35ClFN5O3. The summed E-state index contributed by atoms with van der Waals surface area (Å²) < 4.78 is 25.9. The van der Waals surface area contributed by atoms with E-state index in [1.165, 1.54) is 12.1 Å². The van der Waals surface area contributed by atoms with Crippen LogP contribution >= 0.6 is 11.6 Å². The maximum atomic E-state index is 13.4. The fourth-order valence-electron chi connectivity index (χ4n) is 4.27. The predicted molar refractivity (Wildman–Crippen MR) is 169 cm³/mol. The van der Waals surface area contributed by atoms with E-state index in [0.29, 0.717) is 16.6 Å². The van der Waals surface area contributed by atoms with Crippen LogP contribution in [-0.2, 0) is 17.9 Å². The van der Waals surface area contributed by atoms with Gasteiger partial charge in [-0.2, -0.15) is 0 Å². The Balaban J connectivity index is 0.000000467. The summed E-state index contributed by atoms with van der Waals surface area (Å²) in [7, 11) is 0. The van der Waals surface area contributed by atoms with Gasteiger partial charge in [0.2, 0.25) is 0 Å². The number of nitrogens with one attached hydrogen (secondary N) is 1. The van der Waals surface area contributed by atoms with Gasteiger partial charge in [0.25, 0.3) is 0 Å². The van der Waals surface area contributed by atoms with Crippen molar-refractivity contribution in [3.05, 3.63) is 102 Å². The van der Waals surface area contributed by atoms with E-state index < -0.39 is 11.7 Å². The van der Waals surface area contributed by atoms with Gasteiger partial charge in [-0.05, 0) is 92.4 Å². The minimum Gasteiger partial charge on any atom is -0.487 e. The van der Waals surface area contributed by atoms with Gasteiger partial charge in [0.05, 0.1) is 10.5 Å². The van der Waals surface area contributed by atoms with Crippen LogP contribution in [0.1, 0.15) is 39.7 Å². The third kappa shape index (κ3) is 9.18. The number of nitrogens with two attached hydrogens (primary N) is 1. The lowest BCUT2D eigenvalue weighted by atomic mass is 10.1. The van der Waals surface area contributed by atoms with Crippen molar-refractivity contribution >= 4 is 40.1 Å². The summed E-state index contributed by atoms with van der Waals surface area (Å²) in [4.78, 5) is 18.9. The van der Waals surface area contributed by atoms with Gasteiger partial charge in [-0.1, -0.05) is 36.7 Å². The van der Waals surface area contributed by atoms with E-state index in [1.54, 1.807) is 51.4 Å². The number of fused-ring (bicyclic) bond motifs is 1. The predicted octanol–water partition coefficient (Wildman–Crippen LogP) is 8.50. The average molecular weight is 604 g/mol. The summed E-state index contributed by atoms with van der Waals surface area (Å²) in [5.41, 5.74) is 8.87. The first kappa shape index (κ1) is 31.3. The molecule has 0 atom stereocenters. The molecule has 2 heterocycles. The number of aromatic nitrogens is 3. The lowest BCUT2D eigenvalue weighted by molar-refractivity contribution is 0.0600. The Kier molecular flexibility index (Phi) is 10.2. The highest BCUT2D eigenvalue weighted by Crippen LogP contribution is 2.32. The first-order valence-corrected chi connectivity index (χ1v) is 14.2. The normalized spacial score (nSPS) is 11.0. The van der Waals surface area contributed by atoms with Crippen molar-refractivity contribution < 1.29 is 18.7 Å². The van der Waals surface area contributed by atoms with Crippen molar-refractivity contribution in [2.24, 2.45) is 5.73 Å². The Morgan fingerprint density at radius 1 is 1.05 bits per heavy atom. The first-order chi connectivity index (χ1) is 20.5. The second kappa shape index (κ2) is 14.0. The molecule has 3 N–H and O–H groups in total. The van der Waals surface area contributed by atoms with E-state index >= 15 is 0 Å². The average Bonchev–Trinajstić information content (AvgIpc) is 3.41. The molecule has 5 rings (SSSR count). The molecule has 0 aliphatic heterocycles. The second-order valence-electron chi connectivity index (χ2n) is 10.8. The lowest BCUT2D eigenvalue weighted by Crippen LogP contribution is -2.27. The highest BCUT2D eigenvalue weighted by molar-refractivity contribution is 6.32. The van der Waals surface area contributed by atoms with Crippen molar-refractivity contribution in [1.29, 1.82) is 0 Å². The van der Waals surface area contributed by atoms with E-state index in [-0.39, 0.29) is 12.4 Å². The van der Waals surface area contributed by atoms with E-state index in [4.69, 9.17) is 22.1 Å². The zero-order chi connectivity index (χ0) is 31.0. The van der Waals surface area contributed by atoms with Crippen LogP contribution < -0.4 is 15.8 Å². The zero-order valence-electron chi connectivity index (χ0n) is 24.6. The van der Waals surface area contributed by atoms with E-state index in [9.17, 15) is 9.18 Å². The maximum absolute atomic E-state index is 13.4. The molecule has 0 radical (unpaired) electrons. The number of rotatable bonds is 8. The number of carbonyl (C=O) groups is 1. The molecule has 0 bridgehead atoms. The molecule has 0 saturated heterocycles. The topological polar surface area (TPSA) is 104 Å². The third-order valence-corrected chi connectivity index (χ3v) is 6.38. The number of benzene rings is 3. The highest BCUT2D eigenvalue weighted by atomic mass is 35.5. The molecule has 0 aliphatic carbocycles. The van der Waals surface area contributed by atoms with Crippen LogP contribution in [0.4, 0.5) is 20.7 Å². The van der Waals surface area contributed by atoms with Gasteiger partial charge in [-0.15, -0.1) is 0 Å². The number of halogens is 2. The number of nitrogens with zero attached hydrogens (tertiary/aromatic N) is 3. The Hall–Kier alpha value is -4.63. The molecular weight excluding hydrogens is 569 g/mol. The van der Waals surface area contributed by atoms with Crippen molar-refractivity contribution in [3.8, 4) is 16.9 Å². The molecule has 0 aliphatic rings. The Bertz CT molecular complexity index is 1700. The Morgan fingerprint density at radius 2 is 1.86 bits per heavy atom. The summed E-state index contributed by atoms with van der Waals surface area (Å²) in [5, 5.41) is 4.71. The number of hydrogen-bond acceptors (Lipinski definition) is 6. The van der Waals surface area contributed by atoms with Gasteiger partial charge in [-0.3, -0.25) is 0 Å². The van der Waals surface area contributed by atoms with Crippen LogP contribution in [-0.4, -0.2) is 26.2 Å². The minimum atomic E-state index is -0.725. The molecule has 0 spiro atoms. The molecule has 5 aromatic rings. The summed E-state index contributed by atoms with van der Waals surface area (Å²) in [5.74, 6) is 0.915. The van der Waals surface area contributed by atoms with Crippen molar-refractivity contribution in [2.45, 2.75) is 52.9 Å². The third-order valence-electron chi connectivity index (χ3n) is 6.09. The number of carbonyl (C=O) groups excluding carboxylic acids is 1. The van der Waals surface area contributed by atoms with Gasteiger partial charge in [0.1, 0.15) is 35.9 Å². The van der Waals surface area contributed by atoms with E-state index in [1.807, 2.05) is 12.1 Å². The van der Waals surface area contributed by atoms with Gasteiger partial charge < -0.3 is 25.1 Å². The quantitative estimate of drug-likeness (QED) is 0.184. The standard InChI is InChI=1S/C28H24ClFN4O.C5H11NO2/c1-2-11-34-12-10-21(16-34)20-6-8-26-24(14-20)28(32-18-31-26)33-23-7-9-27(25(29)15-23)35-17-19-4-3-5-22(30)13-19;1-5(2,3)8-4(6)7/h3-10,12-16,18H,2,11,17H2,1H3,(H,31,32,33);1-3H3,(H2,6,7). The van der Waals surface area contributed by atoms with Gasteiger partial charge in [-0.25, -0.2) is 19.2 Å². The largest absolute Gasteiger partial charge is 0.487 e. The van der Waals surface area contributed by atoms with Crippen LogP contribution in [0.25, 0.3) is 22.0 Å². The summed E-state index contributed by atoms with van der Waals surface area (Å²) in [6.07, 6.45) is 6.16. The summed E-state index contributed by atoms with van der Waals surface area (Å²) >= 11 is 6.47. The fraction of sp³-hybridized carbons (Fsp3) is 0.242. The van der Waals surface area contributed by atoms with Gasteiger partial charge >= 0.3 is 6.09 Å². The molecule has 3 aromatic carbocycles. The molecule has 10 heteroatoms. The van der Waals surface area contributed by atoms with Crippen LogP contribution in [0.2, 0.25) is 5.02 Å². The Morgan fingerprint density at radius 3 is 2.53 bits per heavy atom.